The fourth-order valence-corrected chi connectivity index (χ4v) is 2.82. The Balaban J connectivity index is 2.38. The summed E-state index contributed by atoms with van der Waals surface area (Å²) in [7, 11) is 0. The molecule has 0 bridgehead atoms. The van der Waals surface area contributed by atoms with Gasteiger partial charge in [0.1, 0.15) is 0 Å². The van der Waals surface area contributed by atoms with E-state index in [1.54, 1.807) is 30.3 Å². The van der Waals surface area contributed by atoms with E-state index in [4.69, 9.17) is 5.11 Å². The quantitative estimate of drug-likeness (QED) is 0.659. The van der Waals surface area contributed by atoms with Gasteiger partial charge in [0, 0.05) is 13.4 Å². The molecule has 108 valence electrons. The van der Waals surface area contributed by atoms with E-state index in [1.165, 1.54) is 6.07 Å². The zero-order valence-corrected chi connectivity index (χ0v) is 15.1. The van der Waals surface area contributed by atoms with E-state index < -0.39 is 11.9 Å². The van der Waals surface area contributed by atoms with Crippen molar-refractivity contribution in [1.82, 2.24) is 0 Å². The highest BCUT2D eigenvalue weighted by Crippen LogP contribution is 2.25. The van der Waals surface area contributed by atoms with Gasteiger partial charge >= 0.3 is 5.97 Å². The molecule has 0 saturated heterocycles. The molecule has 0 atom stereocenters. The summed E-state index contributed by atoms with van der Waals surface area (Å²) in [5.41, 5.74) is 0.659. The van der Waals surface area contributed by atoms with Crippen molar-refractivity contribution in [2.24, 2.45) is 0 Å². The van der Waals surface area contributed by atoms with Gasteiger partial charge in [0.05, 0.1) is 16.8 Å². The average Bonchev–Trinajstić information content (AvgIpc) is 2.41. The molecular weight excluding hydrogens is 470 g/mol. The van der Waals surface area contributed by atoms with E-state index in [0.29, 0.717) is 14.5 Å². The Morgan fingerprint density at radius 2 is 1.52 bits per heavy atom. The van der Waals surface area contributed by atoms with Gasteiger partial charge < -0.3 is 10.4 Å². The van der Waals surface area contributed by atoms with Gasteiger partial charge in [-0.2, -0.15) is 0 Å². The van der Waals surface area contributed by atoms with Crippen molar-refractivity contribution in [2.75, 3.05) is 5.32 Å². The van der Waals surface area contributed by atoms with Crippen LogP contribution in [0.1, 0.15) is 20.7 Å². The van der Waals surface area contributed by atoms with Crippen LogP contribution in [0.2, 0.25) is 0 Å². The number of hydrogen-bond acceptors (Lipinski definition) is 2. The van der Waals surface area contributed by atoms with Crippen LogP contribution in [0.15, 0.2) is 49.8 Å². The predicted octanol–water partition coefficient (Wildman–Crippen LogP) is 4.92. The van der Waals surface area contributed by atoms with Crippen LogP contribution in [0.25, 0.3) is 0 Å². The molecule has 0 aliphatic heterocycles. The number of rotatable bonds is 3. The number of amides is 1. The summed E-state index contributed by atoms with van der Waals surface area (Å²) >= 11 is 9.85. The average molecular weight is 478 g/mol. The number of anilines is 1. The van der Waals surface area contributed by atoms with Crippen LogP contribution in [0.5, 0.6) is 0 Å². The number of carboxylic acids is 1. The second-order valence-electron chi connectivity index (χ2n) is 4.07. The summed E-state index contributed by atoms with van der Waals surface area (Å²) in [6, 6.07) is 9.76. The predicted molar refractivity (Wildman–Crippen MR) is 90.9 cm³/mol. The Bertz CT molecular complexity index is 731. The molecule has 0 aromatic heterocycles. The number of carboxylic acid groups (broad SMARTS) is 1. The standard InChI is InChI=1S/C14H8Br3NO3/c15-7-2-4-11(17)10(5-7)13(19)18-12-6-8(16)1-3-9(12)14(20)21/h1-6H,(H,18,19)(H,20,21). The highest BCUT2D eigenvalue weighted by atomic mass is 79.9. The topological polar surface area (TPSA) is 66.4 Å². The molecule has 2 aromatic rings. The molecule has 7 heteroatoms. The molecular formula is C14H8Br3NO3. The molecule has 2 rings (SSSR count). The van der Waals surface area contributed by atoms with Crippen molar-refractivity contribution in [3.8, 4) is 0 Å². The summed E-state index contributed by atoms with van der Waals surface area (Å²) in [5.74, 6) is -1.50. The summed E-state index contributed by atoms with van der Waals surface area (Å²) in [5, 5.41) is 11.8. The second-order valence-corrected chi connectivity index (χ2v) is 6.76. The van der Waals surface area contributed by atoms with Gasteiger partial charge in [0.2, 0.25) is 0 Å². The minimum absolute atomic E-state index is 0.0256. The third-order valence-electron chi connectivity index (χ3n) is 2.63. The number of nitrogens with one attached hydrogen (secondary N) is 1. The minimum atomic E-state index is -1.11. The number of benzene rings is 2. The lowest BCUT2D eigenvalue weighted by molar-refractivity contribution is 0.0698. The van der Waals surface area contributed by atoms with Crippen LogP contribution < -0.4 is 5.32 Å². The Morgan fingerprint density at radius 1 is 0.905 bits per heavy atom. The Kier molecular flexibility index (Phi) is 5.18. The van der Waals surface area contributed by atoms with Crippen molar-refractivity contribution in [3.05, 3.63) is 60.9 Å². The third kappa shape index (κ3) is 3.93. The van der Waals surface area contributed by atoms with Gasteiger partial charge in [-0.3, -0.25) is 4.79 Å². The summed E-state index contributed by atoms with van der Waals surface area (Å²) in [6.07, 6.45) is 0. The molecule has 0 saturated carbocycles. The highest BCUT2D eigenvalue weighted by Gasteiger charge is 2.16. The first kappa shape index (κ1) is 16.2. The molecule has 4 nitrogen and oxygen atoms in total. The highest BCUT2D eigenvalue weighted by molar-refractivity contribution is 9.11. The lowest BCUT2D eigenvalue weighted by Crippen LogP contribution is -2.15. The summed E-state index contributed by atoms with van der Waals surface area (Å²) in [4.78, 5) is 23.5. The Hall–Kier alpha value is -1.18. The smallest absolute Gasteiger partial charge is 0.337 e. The number of halogens is 3. The Labute approximate surface area is 145 Å². The fourth-order valence-electron chi connectivity index (χ4n) is 1.67. The lowest BCUT2D eigenvalue weighted by atomic mass is 10.1. The van der Waals surface area contributed by atoms with E-state index in [0.717, 1.165) is 4.47 Å². The summed E-state index contributed by atoms with van der Waals surface area (Å²) in [6.45, 7) is 0. The van der Waals surface area contributed by atoms with Crippen molar-refractivity contribution >= 4 is 65.4 Å². The molecule has 0 aliphatic rings. The maximum Gasteiger partial charge on any atom is 0.337 e. The van der Waals surface area contributed by atoms with Gasteiger partial charge in [-0.25, -0.2) is 4.79 Å². The van der Waals surface area contributed by atoms with Gasteiger partial charge in [-0.1, -0.05) is 31.9 Å². The van der Waals surface area contributed by atoms with Crippen LogP contribution in [0.4, 0.5) is 5.69 Å². The largest absolute Gasteiger partial charge is 0.478 e. The van der Waals surface area contributed by atoms with Crippen LogP contribution >= 0.6 is 47.8 Å². The van der Waals surface area contributed by atoms with Crippen LogP contribution in [0.3, 0.4) is 0 Å². The van der Waals surface area contributed by atoms with E-state index in [2.05, 4.69) is 53.1 Å². The van der Waals surface area contributed by atoms with Crippen molar-refractivity contribution < 1.29 is 14.7 Å². The monoisotopic (exact) mass is 475 g/mol. The van der Waals surface area contributed by atoms with Crippen molar-refractivity contribution in [3.63, 3.8) is 0 Å². The first-order valence-electron chi connectivity index (χ1n) is 5.67. The van der Waals surface area contributed by atoms with Crippen LogP contribution in [-0.4, -0.2) is 17.0 Å². The molecule has 0 aliphatic carbocycles. The molecule has 0 radical (unpaired) electrons. The zero-order chi connectivity index (χ0) is 15.6. The first-order chi connectivity index (χ1) is 9.88. The van der Waals surface area contributed by atoms with Gasteiger partial charge in [0.15, 0.2) is 0 Å². The van der Waals surface area contributed by atoms with Gasteiger partial charge in [0.25, 0.3) is 5.91 Å². The van der Waals surface area contributed by atoms with Crippen LogP contribution in [0, 0.1) is 0 Å². The van der Waals surface area contributed by atoms with E-state index >= 15 is 0 Å². The number of hydrogen-bond donors (Lipinski definition) is 2. The number of carbonyl (C=O) groups excluding carboxylic acids is 1. The van der Waals surface area contributed by atoms with Crippen molar-refractivity contribution in [1.29, 1.82) is 0 Å². The van der Waals surface area contributed by atoms with E-state index in [-0.39, 0.29) is 11.3 Å². The third-order valence-corrected chi connectivity index (χ3v) is 4.31. The normalized spacial score (nSPS) is 10.2. The molecule has 2 N–H and O–H groups in total. The summed E-state index contributed by atoms with van der Waals surface area (Å²) < 4.78 is 2.05. The maximum absolute atomic E-state index is 12.3. The Morgan fingerprint density at radius 3 is 2.19 bits per heavy atom. The minimum Gasteiger partial charge on any atom is -0.478 e. The molecule has 0 fully saturated rings. The SMILES string of the molecule is O=C(Nc1cc(Br)ccc1C(=O)O)c1cc(Br)ccc1Br. The van der Waals surface area contributed by atoms with Crippen LogP contribution in [-0.2, 0) is 0 Å². The van der Waals surface area contributed by atoms with Gasteiger partial charge in [-0.15, -0.1) is 0 Å². The van der Waals surface area contributed by atoms with E-state index in [1.807, 2.05) is 0 Å². The second kappa shape index (κ2) is 6.72. The molecule has 0 spiro atoms. The fraction of sp³-hybridized carbons (Fsp3) is 0. The van der Waals surface area contributed by atoms with Crippen molar-refractivity contribution in [2.45, 2.75) is 0 Å². The molecule has 1 amide bonds. The molecule has 2 aromatic carbocycles. The van der Waals surface area contributed by atoms with E-state index in [9.17, 15) is 9.59 Å². The molecule has 0 heterocycles. The zero-order valence-electron chi connectivity index (χ0n) is 10.4. The molecule has 21 heavy (non-hydrogen) atoms. The molecule has 0 unspecified atom stereocenters. The maximum atomic E-state index is 12.3. The number of aromatic carboxylic acids is 1. The lowest BCUT2D eigenvalue weighted by Gasteiger charge is -2.10. The van der Waals surface area contributed by atoms with Gasteiger partial charge in [-0.05, 0) is 52.3 Å². The number of carbonyl (C=O) groups is 2. The first-order valence-corrected chi connectivity index (χ1v) is 8.05.